The Bertz CT molecular complexity index is 472. The van der Waals surface area contributed by atoms with Crippen molar-refractivity contribution in [3.05, 3.63) is 20.1 Å². The summed E-state index contributed by atoms with van der Waals surface area (Å²) >= 11 is 6.29. The molecule has 0 aliphatic rings. The van der Waals surface area contributed by atoms with Crippen LogP contribution in [0.2, 0.25) is 0 Å². The average molecular weight is 382 g/mol. The number of benzene rings is 1. The first-order chi connectivity index (χ1) is 8.45. The van der Waals surface area contributed by atoms with E-state index in [1.807, 2.05) is 6.92 Å². The monoisotopic (exact) mass is 380 g/mol. The molecule has 0 heterocycles. The fraction of sp³-hybridized carbons (Fsp3) is 0.417. The summed E-state index contributed by atoms with van der Waals surface area (Å²) in [6, 6.07) is 0. The van der Waals surface area contributed by atoms with Gasteiger partial charge in [0.1, 0.15) is 21.5 Å². The van der Waals surface area contributed by atoms with Crippen molar-refractivity contribution in [2.24, 2.45) is 0 Å². The molecule has 0 bridgehead atoms. The van der Waals surface area contributed by atoms with Gasteiger partial charge in [-0.3, -0.25) is 0 Å². The van der Waals surface area contributed by atoms with Crippen molar-refractivity contribution in [1.82, 2.24) is 0 Å². The highest BCUT2D eigenvalue weighted by atomic mass is 79.9. The minimum Gasteiger partial charge on any atom is -0.506 e. The number of carbonyl (C=O) groups is 1. The van der Waals surface area contributed by atoms with E-state index >= 15 is 0 Å². The number of halogens is 2. The topological polar surface area (TPSA) is 66.8 Å². The molecule has 6 heteroatoms. The van der Waals surface area contributed by atoms with E-state index in [2.05, 4.69) is 36.6 Å². The summed E-state index contributed by atoms with van der Waals surface area (Å²) in [5.41, 5.74) is 0.643. The van der Waals surface area contributed by atoms with Gasteiger partial charge in [-0.2, -0.15) is 0 Å². The third-order valence-electron chi connectivity index (χ3n) is 2.60. The Kier molecular flexibility index (Phi) is 5.47. The molecule has 1 aromatic carbocycles. The second-order valence-electron chi connectivity index (χ2n) is 3.77. The summed E-state index contributed by atoms with van der Waals surface area (Å²) in [6.45, 7) is 2.02. The molecular weight excluding hydrogens is 368 g/mol. The van der Waals surface area contributed by atoms with E-state index in [9.17, 15) is 15.0 Å². The normalized spacial score (nSPS) is 10.4. The Hall–Kier alpha value is -0.750. The summed E-state index contributed by atoms with van der Waals surface area (Å²) in [5, 5.41) is 19.8. The number of unbranched alkanes of at least 4 members (excludes halogenated alkanes) is 1. The van der Waals surface area contributed by atoms with Crippen LogP contribution >= 0.6 is 31.9 Å². The van der Waals surface area contributed by atoms with Crippen LogP contribution < -0.4 is 0 Å². The van der Waals surface area contributed by atoms with Crippen molar-refractivity contribution < 1.29 is 19.7 Å². The first-order valence-corrected chi connectivity index (χ1v) is 7.04. The van der Waals surface area contributed by atoms with Crippen LogP contribution in [0.4, 0.5) is 0 Å². The number of methoxy groups -OCH3 is 1. The molecule has 18 heavy (non-hydrogen) atoms. The highest BCUT2D eigenvalue weighted by Crippen LogP contribution is 2.45. The summed E-state index contributed by atoms with van der Waals surface area (Å²) in [6.07, 6.45) is 2.34. The molecule has 0 saturated carbocycles. The second kappa shape index (κ2) is 6.43. The minimum absolute atomic E-state index is 0.0787. The molecule has 0 aliphatic heterocycles. The second-order valence-corrected chi connectivity index (χ2v) is 5.36. The maximum absolute atomic E-state index is 11.7. The molecule has 0 aliphatic carbocycles. The molecule has 0 fully saturated rings. The van der Waals surface area contributed by atoms with E-state index < -0.39 is 5.97 Å². The van der Waals surface area contributed by atoms with E-state index in [0.29, 0.717) is 16.5 Å². The fourth-order valence-electron chi connectivity index (χ4n) is 1.62. The van der Waals surface area contributed by atoms with Crippen LogP contribution in [-0.4, -0.2) is 23.3 Å². The molecule has 0 amide bonds. The standard InChI is InChI=1S/C12H14Br2O4/c1-3-4-5-6-7(12(17)18-2)10(15)9(14)11(16)8(6)13/h15-16H,3-5H2,1-2H3. The lowest BCUT2D eigenvalue weighted by Crippen LogP contribution is -2.08. The molecule has 0 atom stereocenters. The van der Waals surface area contributed by atoms with Gasteiger partial charge in [0.05, 0.1) is 11.6 Å². The summed E-state index contributed by atoms with van der Waals surface area (Å²) < 4.78 is 5.15. The van der Waals surface area contributed by atoms with E-state index in [-0.39, 0.29) is 21.5 Å². The van der Waals surface area contributed by atoms with E-state index in [4.69, 9.17) is 0 Å². The van der Waals surface area contributed by atoms with Crippen LogP contribution in [0, 0.1) is 0 Å². The van der Waals surface area contributed by atoms with Crippen LogP contribution in [0.25, 0.3) is 0 Å². The Morgan fingerprint density at radius 2 is 1.83 bits per heavy atom. The van der Waals surface area contributed by atoms with Crippen molar-refractivity contribution in [3.63, 3.8) is 0 Å². The average Bonchev–Trinajstić information content (AvgIpc) is 2.38. The molecule has 4 nitrogen and oxygen atoms in total. The van der Waals surface area contributed by atoms with Gasteiger partial charge < -0.3 is 14.9 Å². The van der Waals surface area contributed by atoms with Gasteiger partial charge in [-0.25, -0.2) is 4.79 Å². The molecule has 0 spiro atoms. The van der Waals surface area contributed by atoms with Crippen LogP contribution in [0.15, 0.2) is 8.95 Å². The Morgan fingerprint density at radius 1 is 1.22 bits per heavy atom. The van der Waals surface area contributed by atoms with Gasteiger partial charge in [0, 0.05) is 0 Å². The molecule has 0 aromatic heterocycles. The number of carbonyl (C=O) groups excluding carboxylic acids is 1. The van der Waals surface area contributed by atoms with Crippen LogP contribution in [0.5, 0.6) is 11.5 Å². The van der Waals surface area contributed by atoms with Crippen molar-refractivity contribution >= 4 is 37.8 Å². The van der Waals surface area contributed by atoms with E-state index in [1.54, 1.807) is 0 Å². The number of aromatic hydroxyl groups is 2. The Labute approximate surface area is 122 Å². The van der Waals surface area contributed by atoms with Gasteiger partial charge in [0.25, 0.3) is 0 Å². The van der Waals surface area contributed by atoms with Crippen molar-refractivity contribution in [3.8, 4) is 11.5 Å². The Balaban J connectivity index is 3.48. The highest BCUT2D eigenvalue weighted by molar-refractivity contribution is 9.11. The first-order valence-electron chi connectivity index (χ1n) is 5.45. The van der Waals surface area contributed by atoms with Gasteiger partial charge in [0.15, 0.2) is 0 Å². The number of esters is 1. The molecule has 0 unspecified atom stereocenters. The van der Waals surface area contributed by atoms with Crippen molar-refractivity contribution in [1.29, 1.82) is 0 Å². The summed E-state index contributed by atoms with van der Waals surface area (Å²) in [7, 11) is 1.25. The zero-order chi connectivity index (χ0) is 13.9. The van der Waals surface area contributed by atoms with Gasteiger partial charge in [-0.05, 0) is 50.3 Å². The number of ether oxygens (including phenoxy) is 1. The van der Waals surface area contributed by atoms with Crippen LogP contribution in [0.3, 0.4) is 0 Å². The number of hydrogen-bond acceptors (Lipinski definition) is 4. The third-order valence-corrected chi connectivity index (χ3v) is 4.20. The highest BCUT2D eigenvalue weighted by Gasteiger charge is 2.25. The smallest absolute Gasteiger partial charge is 0.342 e. The number of rotatable bonds is 4. The SMILES string of the molecule is CCCCc1c(Br)c(O)c(Br)c(O)c1C(=O)OC. The van der Waals surface area contributed by atoms with Crippen LogP contribution in [-0.2, 0) is 11.2 Å². The number of hydrogen-bond donors (Lipinski definition) is 2. The lowest BCUT2D eigenvalue weighted by atomic mass is 10.0. The fourth-order valence-corrected chi connectivity index (χ4v) is 2.88. The van der Waals surface area contributed by atoms with Crippen molar-refractivity contribution in [2.45, 2.75) is 26.2 Å². The Morgan fingerprint density at radius 3 is 2.33 bits per heavy atom. The van der Waals surface area contributed by atoms with E-state index in [1.165, 1.54) is 7.11 Å². The van der Waals surface area contributed by atoms with E-state index in [0.717, 1.165) is 12.8 Å². The van der Waals surface area contributed by atoms with Crippen LogP contribution in [0.1, 0.15) is 35.7 Å². The van der Waals surface area contributed by atoms with Crippen molar-refractivity contribution in [2.75, 3.05) is 7.11 Å². The molecule has 0 radical (unpaired) electrons. The van der Waals surface area contributed by atoms with Gasteiger partial charge in [0.2, 0.25) is 0 Å². The largest absolute Gasteiger partial charge is 0.506 e. The molecule has 2 N–H and O–H groups in total. The minimum atomic E-state index is -0.625. The predicted molar refractivity (Wildman–Crippen MR) is 75.1 cm³/mol. The molecule has 100 valence electrons. The molecule has 0 saturated heterocycles. The predicted octanol–water partition coefficient (Wildman–Crippen LogP) is 3.75. The van der Waals surface area contributed by atoms with Gasteiger partial charge in [-0.15, -0.1) is 0 Å². The number of phenolic OH excluding ortho intramolecular Hbond substituents is 2. The lowest BCUT2D eigenvalue weighted by molar-refractivity contribution is 0.0595. The summed E-state index contributed by atoms with van der Waals surface area (Å²) in [4.78, 5) is 11.7. The summed E-state index contributed by atoms with van der Waals surface area (Å²) in [5.74, 6) is -1.04. The quantitative estimate of drug-likeness (QED) is 0.779. The first kappa shape index (κ1) is 15.3. The number of phenols is 2. The molecule has 1 rings (SSSR count). The lowest BCUT2D eigenvalue weighted by Gasteiger charge is -2.15. The van der Waals surface area contributed by atoms with Gasteiger partial charge in [-0.1, -0.05) is 13.3 Å². The maximum Gasteiger partial charge on any atom is 0.342 e. The van der Waals surface area contributed by atoms with Gasteiger partial charge >= 0.3 is 5.97 Å². The molecule has 1 aromatic rings. The zero-order valence-electron chi connectivity index (χ0n) is 10.1. The third kappa shape index (κ3) is 2.80. The molecular formula is C12H14Br2O4. The zero-order valence-corrected chi connectivity index (χ0v) is 13.3. The maximum atomic E-state index is 11.7.